The van der Waals surface area contributed by atoms with Gasteiger partial charge in [-0.05, 0) is 44.9 Å². The first kappa shape index (κ1) is 19.5. The van der Waals surface area contributed by atoms with Crippen LogP contribution in [0.2, 0.25) is 0 Å². The van der Waals surface area contributed by atoms with E-state index in [1.165, 1.54) is 0 Å². The number of benzene rings is 1. The van der Waals surface area contributed by atoms with Crippen molar-refractivity contribution in [3.63, 3.8) is 0 Å². The van der Waals surface area contributed by atoms with Crippen LogP contribution in [-0.2, 0) is 16.1 Å². The van der Waals surface area contributed by atoms with E-state index in [1.54, 1.807) is 9.58 Å². The van der Waals surface area contributed by atoms with Crippen molar-refractivity contribution in [1.82, 2.24) is 19.6 Å². The molecule has 2 amide bonds. The highest BCUT2D eigenvalue weighted by Crippen LogP contribution is 2.26. The Labute approximate surface area is 171 Å². The Bertz CT molecular complexity index is 873. The number of carbonyl (C=O) groups is 2. The number of rotatable bonds is 5. The lowest BCUT2D eigenvalue weighted by atomic mass is 10.1. The molecule has 2 atom stereocenters. The first-order chi connectivity index (χ1) is 14.0. The summed E-state index contributed by atoms with van der Waals surface area (Å²) < 4.78 is 7.80. The Morgan fingerprint density at radius 1 is 1.14 bits per heavy atom. The van der Waals surface area contributed by atoms with E-state index in [4.69, 9.17) is 4.74 Å². The molecule has 2 aromatic rings. The van der Waals surface area contributed by atoms with Gasteiger partial charge >= 0.3 is 0 Å². The molecule has 3 heterocycles. The van der Waals surface area contributed by atoms with Crippen molar-refractivity contribution >= 4 is 11.8 Å². The highest BCUT2D eigenvalue weighted by molar-refractivity contribution is 5.88. The highest BCUT2D eigenvalue weighted by atomic mass is 16.5. The lowest BCUT2D eigenvalue weighted by molar-refractivity contribution is -0.143. The first-order valence-electron chi connectivity index (χ1n) is 10.3. The molecule has 1 aromatic carbocycles. The second kappa shape index (κ2) is 8.27. The third kappa shape index (κ3) is 4.28. The second-order valence-electron chi connectivity index (χ2n) is 7.97. The summed E-state index contributed by atoms with van der Waals surface area (Å²) in [6.07, 6.45) is 2.38. The standard InChI is InChI=1S/C22H28N4O3/c1-16-12-17(2)26(23-16)15-21(27)25-14-19(29-18-8-4-3-5-9-18)13-20(25)22(28)24-10-6-7-11-24/h3-5,8-9,12,19-20H,6-7,10-11,13-15H2,1-2H3/t19-,20-/m0/s1. The van der Waals surface area contributed by atoms with Gasteiger partial charge in [0.15, 0.2) is 0 Å². The lowest BCUT2D eigenvalue weighted by Gasteiger charge is -2.27. The van der Waals surface area contributed by atoms with Gasteiger partial charge in [0, 0.05) is 25.2 Å². The zero-order valence-corrected chi connectivity index (χ0v) is 17.1. The molecule has 0 N–H and O–H groups in total. The molecule has 154 valence electrons. The summed E-state index contributed by atoms with van der Waals surface area (Å²) in [4.78, 5) is 29.9. The van der Waals surface area contributed by atoms with Gasteiger partial charge in [0.1, 0.15) is 24.4 Å². The van der Waals surface area contributed by atoms with Crippen molar-refractivity contribution in [3.05, 3.63) is 47.8 Å². The van der Waals surface area contributed by atoms with Crippen LogP contribution in [-0.4, -0.2) is 63.2 Å². The molecular formula is C22H28N4O3. The van der Waals surface area contributed by atoms with Crippen molar-refractivity contribution < 1.29 is 14.3 Å². The van der Waals surface area contributed by atoms with Gasteiger partial charge in [-0.25, -0.2) is 0 Å². The Kier molecular flexibility index (Phi) is 5.56. The molecule has 7 nitrogen and oxygen atoms in total. The zero-order valence-electron chi connectivity index (χ0n) is 17.1. The number of ether oxygens (including phenoxy) is 1. The Morgan fingerprint density at radius 2 is 1.86 bits per heavy atom. The van der Waals surface area contributed by atoms with Crippen molar-refractivity contribution in [3.8, 4) is 5.75 Å². The summed E-state index contributed by atoms with van der Waals surface area (Å²) >= 11 is 0. The number of hydrogen-bond donors (Lipinski definition) is 0. The molecule has 0 radical (unpaired) electrons. The molecule has 0 aliphatic carbocycles. The third-order valence-electron chi connectivity index (χ3n) is 5.72. The maximum Gasteiger partial charge on any atom is 0.245 e. The fourth-order valence-corrected chi connectivity index (χ4v) is 4.29. The average Bonchev–Trinajstić information content (AvgIpc) is 3.43. The number of likely N-dealkylation sites (tertiary alicyclic amines) is 2. The number of carbonyl (C=O) groups excluding carboxylic acids is 2. The van der Waals surface area contributed by atoms with E-state index in [-0.39, 0.29) is 24.5 Å². The van der Waals surface area contributed by atoms with E-state index in [2.05, 4.69) is 5.10 Å². The van der Waals surface area contributed by atoms with Gasteiger partial charge < -0.3 is 14.5 Å². The summed E-state index contributed by atoms with van der Waals surface area (Å²) in [6, 6.07) is 11.1. The number of aryl methyl sites for hydroxylation is 2. The number of hydrogen-bond acceptors (Lipinski definition) is 4. The van der Waals surface area contributed by atoms with Crippen LogP contribution >= 0.6 is 0 Å². The topological polar surface area (TPSA) is 67.7 Å². The molecular weight excluding hydrogens is 368 g/mol. The molecule has 2 aliphatic heterocycles. The summed E-state index contributed by atoms with van der Waals surface area (Å²) in [7, 11) is 0. The van der Waals surface area contributed by atoms with Crippen molar-refractivity contribution in [2.75, 3.05) is 19.6 Å². The van der Waals surface area contributed by atoms with E-state index in [1.807, 2.05) is 55.1 Å². The largest absolute Gasteiger partial charge is 0.488 e. The van der Waals surface area contributed by atoms with E-state index in [9.17, 15) is 9.59 Å². The Hall–Kier alpha value is -2.83. The van der Waals surface area contributed by atoms with Gasteiger partial charge in [0.25, 0.3) is 0 Å². The van der Waals surface area contributed by atoms with Gasteiger partial charge in [-0.1, -0.05) is 18.2 Å². The fraction of sp³-hybridized carbons (Fsp3) is 0.500. The summed E-state index contributed by atoms with van der Waals surface area (Å²) in [5.74, 6) is 0.717. The monoisotopic (exact) mass is 396 g/mol. The smallest absolute Gasteiger partial charge is 0.245 e. The number of aromatic nitrogens is 2. The van der Waals surface area contributed by atoms with E-state index in [0.717, 1.165) is 43.1 Å². The molecule has 1 aromatic heterocycles. The van der Waals surface area contributed by atoms with Gasteiger partial charge in [-0.3, -0.25) is 14.3 Å². The van der Waals surface area contributed by atoms with Crippen LogP contribution in [0.3, 0.4) is 0 Å². The predicted octanol–water partition coefficient (Wildman–Crippen LogP) is 2.17. The van der Waals surface area contributed by atoms with E-state index < -0.39 is 6.04 Å². The Balaban J connectivity index is 1.51. The highest BCUT2D eigenvalue weighted by Gasteiger charge is 2.42. The van der Waals surface area contributed by atoms with E-state index in [0.29, 0.717) is 13.0 Å². The van der Waals surface area contributed by atoms with Crippen molar-refractivity contribution in [1.29, 1.82) is 0 Å². The van der Waals surface area contributed by atoms with Crippen LogP contribution in [0.5, 0.6) is 5.75 Å². The molecule has 2 fully saturated rings. The molecule has 7 heteroatoms. The minimum Gasteiger partial charge on any atom is -0.488 e. The van der Waals surface area contributed by atoms with Gasteiger partial charge in [0.2, 0.25) is 11.8 Å². The van der Waals surface area contributed by atoms with E-state index >= 15 is 0 Å². The van der Waals surface area contributed by atoms with Gasteiger partial charge in [-0.15, -0.1) is 0 Å². The molecule has 2 aliphatic rings. The summed E-state index contributed by atoms with van der Waals surface area (Å²) in [5.41, 5.74) is 1.82. The molecule has 0 unspecified atom stereocenters. The molecule has 0 spiro atoms. The zero-order chi connectivity index (χ0) is 20.4. The maximum absolute atomic E-state index is 13.1. The van der Waals surface area contributed by atoms with Gasteiger partial charge in [0.05, 0.1) is 12.2 Å². The van der Waals surface area contributed by atoms with Crippen molar-refractivity contribution in [2.45, 2.75) is 51.8 Å². The maximum atomic E-state index is 13.1. The number of nitrogens with zero attached hydrogens (tertiary/aromatic N) is 4. The molecule has 2 saturated heterocycles. The minimum atomic E-state index is -0.466. The van der Waals surface area contributed by atoms with Crippen LogP contribution in [0.15, 0.2) is 36.4 Å². The summed E-state index contributed by atoms with van der Waals surface area (Å²) in [5, 5.41) is 4.40. The third-order valence-corrected chi connectivity index (χ3v) is 5.72. The molecule has 4 rings (SSSR count). The minimum absolute atomic E-state index is 0.0448. The predicted molar refractivity (Wildman–Crippen MR) is 108 cm³/mol. The molecule has 0 saturated carbocycles. The SMILES string of the molecule is Cc1cc(C)n(CC(=O)N2C[C@@H](Oc3ccccc3)C[C@H]2C(=O)N2CCCC2)n1. The van der Waals surface area contributed by atoms with Crippen LogP contribution in [0.4, 0.5) is 0 Å². The summed E-state index contributed by atoms with van der Waals surface area (Å²) in [6.45, 7) is 5.95. The molecule has 0 bridgehead atoms. The normalized spacial score (nSPS) is 21.6. The Morgan fingerprint density at radius 3 is 2.52 bits per heavy atom. The van der Waals surface area contributed by atoms with Crippen LogP contribution in [0.1, 0.15) is 30.7 Å². The lowest BCUT2D eigenvalue weighted by Crippen LogP contribution is -2.48. The van der Waals surface area contributed by atoms with Crippen LogP contribution in [0, 0.1) is 13.8 Å². The van der Waals surface area contributed by atoms with Gasteiger partial charge in [-0.2, -0.15) is 5.10 Å². The molecule has 29 heavy (non-hydrogen) atoms. The average molecular weight is 396 g/mol. The fourth-order valence-electron chi connectivity index (χ4n) is 4.29. The van der Waals surface area contributed by atoms with Crippen LogP contribution < -0.4 is 4.74 Å². The van der Waals surface area contributed by atoms with Crippen molar-refractivity contribution in [2.24, 2.45) is 0 Å². The number of para-hydroxylation sites is 1. The number of amides is 2. The quantitative estimate of drug-likeness (QED) is 0.777. The second-order valence-corrected chi connectivity index (χ2v) is 7.97. The first-order valence-corrected chi connectivity index (χ1v) is 10.3. The van der Waals surface area contributed by atoms with Crippen LogP contribution in [0.25, 0.3) is 0 Å².